The molecule has 2 atom stereocenters. The molecule has 1 aromatic rings. The third-order valence-electron chi connectivity index (χ3n) is 3.57. The second kappa shape index (κ2) is 5.13. The maximum absolute atomic E-state index is 12.5. The van der Waals surface area contributed by atoms with E-state index < -0.39 is 18.2 Å². The number of rotatable bonds is 2. The van der Waals surface area contributed by atoms with Crippen molar-refractivity contribution in [2.45, 2.75) is 25.1 Å². The number of hydrogen-bond acceptors (Lipinski definition) is 4. The van der Waals surface area contributed by atoms with Gasteiger partial charge in [-0.05, 0) is 12.5 Å². The van der Waals surface area contributed by atoms with Crippen molar-refractivity contribution in [1.82, 2.24) is 10.2 Å². The van der Waals surface area contributed by atoms with Crippen LogP contribution in [0.1, 0.15) is 35.0 Å². The highest BCUT2D eigenvalue weighted by molar-refractivity contribution is 14.1. The van der Waals surface area contributed by atoms with Gasteiger partial charge in [0.25, 0.3) is 5.91 Å². The van der Waals surface area contributed by atoms with Crippen LogP contribution in [0.25, 0.3) is 0 Å². The van der Waals surface area contributed by atoms with Gasteiger partial charge in [0.05, 0.1) is 0 Å². The summed E-state index contributed by atoms with van der Waals surface area (Å²) in [6, 6.07) is 6.44. The molecule has 1 fully saturated rings. The fourth-order valence-corrected chi connectivity index (χ4v) is 3.16. The summed E-state index contributed by atoms with van der Waals surface area (Å²) >= 11 is 1.73. The number of hydrogen-bond donors (Lipinski definition) is 1. The third kappa shape index (κ3) is 2.01. The summed E-state index contributed by atoms with van der Waals surface area (Å²) in [4.78, 5) is 37.1. The molecule has 3 amide bonds. The van der Waals surface area contributed by atoms with Gasteiger partial charge in [0.15, 0.2) is 6.23 Å². The predicted molar refractivity (Wildman–Crippen MR) is 76.6 cm³/mol. The van der Waals surface area contributed by atoms with E-state index in [2.05, 4.69) is 5.32 Å². The average molecular weight is 386 g/mol. The smallest absolute Gasteiger partial charge is 0.257 e. The van der Waals surface area contributed by atoms with Crippen LogP contribution in [0.15, 0.2) is 24.3 Å². The molecule has 2 heterocycles. The molecule has 0 aliphatic carbocycles. The van der Waals surface area contributed by atoms with Crippen LogP contribution in [-0.2, 0) is 12.7 Å². The lowest BCUT2D eigenvalue weighted by Gasteiger charge is -2.32. The molecule has 0 bridgehead atoms. The van der Waals surface area contributed by atoms with E-state index in [0.717, 1.165) is 5.56 Å². The standard InChI is InChI=1S/C13H11IN2O4/c14-20-13-8-4-2-1-3-7(8)12(19)16(13)9-5-6-10(17)15-11(9)18/h1-4,9,13H,5-6H2,(H,15,17,18). The Morgan fingerprint density at radius 1 is 1.25 bits per heavy atom. The Hall–Kier alpha value is -1.48. The number of piperidine rings is 1. The first-order valence-corrected chi connectivity index (χ1v) is 7.04. The number of carbonyl (C=O) groups is 3. The maximum atomic E-state index is 12.5. The highest BCUT2D eigenvalue weighted by Gasteiger charge is 2.45. The van der Waals surface area contributed by atoms with Crippen LogP contribution >= 0.6 is 23.0 Å². The minimum Gasteiger partial charge on any atom is -0.296 e. The highest BCUT2D eigenvalue weighted by atomic mass is 127. The van der Waals surface area contributed by atoms with Gasteiger partial charge in [-0.25, -0.2) is 0 Å². The fourth-order valence-electron chi connectivity index (χ4n) is 2.65. The van der Waals surface area contributed by atoms with Gasteiger partial charge < -0.3 is 0 Å². The second-order valence-electron chi connectivity index (χ2n) is 4.71. The molecule has 0 spiro atoms. The maximum Gasteiger partial charge on any atom is 0.257 e. The van der Waals surface area contributed by atoms with Crippen molar-refractivity contribution >= 4 is 40.7 Å². The largest absolute Gasteiger partial charge is 0.296 e. The number of halogens is 1. The number of carbonyl (C=O) groups excluding carboxylic acids is 3. The lowest BCUT2D eigenvalue weighted by molar-refractivity contribution is -0.138. The molecular weight excluding hydrogens is 375 g/mol. The van der Waals surface area contributed by atoms with E-state index in [0.29, 0.717) is 12.0 Å². The number of nitrogens with zero attached hydrogens (tertiary/aromatic N) is 1. The summed E-state index contributed by atoms with van der Waals surface area (Å²) in [6.07, 6.45) is -0.0472. The Labute approximate surface area is 129 Å². The Balaban J connectivity index is 1.97. The van der Waals surface area contributed by atoms with Crippen LogP contribution < -0.4 is 5.32 Å². The molecule has 104 valence electrons. The Morgan fingerprint density at radius 3 is 2.70 bits per heavy atom. The first-order chi connectivity index (χ1) is 9.63. The lowest BCUT2D eigenvalue weighted by atomic mass is 10.0. The number of amides is 3. The van der Waals surface area contributed by atoms with Crippen LogP contribution in [0.4, 0.5) is 0 Å². The van der Waals surface area contributed by atoms with E-state index in [-0.39, 0.29) is 18.2 Å². The van der Waals surface area contributed by atoms with E-state index >= 15 is 0 Å². The van der Waals surface area contributed by atoms with Crippen molar-refractivity contribution in [2.75, 3.05) is 0 Å². The van der Waals surface area contributed by atoms with Gasteiger partial charge in [0.1, 0.15) is 29.0 Å². The van der Waals surface area contributed by atoms with Gasteiger partial charge in [-0.15, -0.1) is 0 Å². The van der Waals surface area contributed by atoms with Crippen molar-refractivity contribution in [3.8, 4) is 0 Å². The lowest BCUT2D eigenvalue weighted by Crippen LogP contribution is -2.53. The first kappa shape index (κ1) is 13.5. The van der Waals surface area contributed by atoms with Gasteiger partial charge in [-0.1, -0.05) is 18.2 Å². The molecular formula is C13H11IN2O4. The molecule has 2 aliphatic rings. The van der Waals surface area contributed by atoms with Crippen molar-refractivity contribution in [3.63, 3.8) is 0 Å². The first-order valence-electron chi connectivity index (χ1n) is 6.16. The van der Waals surface area contributed by atoms with Crippen molar-refractivity contribution in [3.05, 3.63) is 35.4 Å². The number of fused-ring (bicyclic) bond motifs is 1. The highest BCUT2D eigenvalue weighted by Crippen LogP contribution is 2.38. The van der Waals surface area contributed by atoms with E-state index in [1.807, 2.05) is 12.1 Å². The molecule has 3 rings (SSSR count). The van der Waals surface area contributed by atoms with Crippen LogP contribution in [0.3, 0.4) is 0 Å². The normalized spacial score (nSPS) is 25.6. The van der Waals surface area contributed by atoms with Gasteiger partial charge in [-0.3, -0.25) is 27.7 Å². The Bertz CT molecular complexity index is 604. The van der Waals surface area contributed by atoms with Crippen molar-refractivity contribution in [1.29, 1.82) is 0 Å². The van der Waals surface area contributed by atoms with Gasteiger partial charge in [0, 0.05) is 17.5 Å². The topological polar surface area (TPSA) is 75.7 Å². The SMILES string of the molecule is O=C1CCC(N2C(=O)c3ccccc3C2OI)C(=O)N1. The molecule has 20 heavy (non-hydrogen) atoms. The summed E-state index contributed by atoms with van der Waals surface area (Å²) < 4.78 is 5.36. The zero-order valence-corrected chi connectivity index (χ0v) is 12.5. The number of imide groups is 1. The van der Waals surface area contributed by atoms with Crippen LogP contribution in [0.5, 0.6) is 0 Å². The molecule has 2 unspecified atom stereocenters. The van der Waals surface area contributed by atoms with E-state index in [1.54, 1.807) is 35.1 Å². The summed E-state index contributed by atoms with van der Waals surface area (Å²) in [5.74, 6) is -0.986. The summed E-state index contributed by atoms with van der Waals surface area (Å²) in [6.45, 7) is 0. The van der Waals surface area contributed by atoms with Gasteiger partial charge in [-0.2, -0.15) is 0 Å². The molecule has 0 radical (unpaired) electrons. The molecule has 1 aromatic carbocycles. The van der Waals surface area contributed by atoms with E-state index in [1.165, 1.54) is 4.90 Å². The van der Waals surface area contributed by atoms with Crippen molar-refractivity contribution in [2.24, 2.45) is 0 Å². The zero-order chi connectivity index (χ0) is 14.3. The quantitative estimate of drug-likeness (QED) is 0.615. The molecule has 2 aliphatic heterocycles. The molecule has 1 N–H and O–H groups in total. The number of nitrogens with one attached hydrogen (secondary N) is 1. The van der Waals surface area contributed by atoms with E-state index in [9.17, 15) is 14.4 Å². The summed E-state index contributed by atoms with van der Waals surface area (Å²) in [5, 5.41) is 2.27. The van der Waals surface area contributed by atoms with Crippen LogP contribution in [-0.4, -0.2) is 28.7 Å². The zero-order valence-electron chi connectivity index (χ0n) is 10.3. The molecule has 7 heteroatoms. The minimum absolute atomic E-state index is 0.227. The van der Waals surface area contributed by atoms with Crippen LogP contribution in [0.2, 0.25) is 0 Å². The summed E-state index contributed by atoms with van der Waals surface area (Å²) in [7, 11) is 0. The van der Waals surface area contributed by atoms with Gasteiger partial charge in [0.2, 0.25) is 11.8 Å². The fraction of sp³-hybridized carbons (Fsp3) is 0.308. The number of benzene rings is 1. The summed E-state index contributed by atoms with van der Waals surface area (Å²) in [5.41, 5.74) is 1.29. The Morgan fingerprint density at radius 2 is 2.00 bits per heavy atom. The second-order valence-corrected chi connectivity index (χ2v) is 5.22. The average Bonchev–Trinajstić information content (AvgIpc) is 2.72. The minimum atomic E-state index is -0.674. The monoisotopic (exact) mass is 386 g/mol. The van der Waals surface area contributed by atoms with E-state index in [4.69, 9.17) is 3.07 Å². The molecule has 6 nitrogen and oxygen atoms in total. The van der Waals surface area contributed by atoms with Gasteiger partial charge >= 0.3 is 0 Å². The predicted octanol–water partition coefficient (Wildman–Crippen LogP) is 1.31. The third-order valence-corrected chi connectivity index (χ3v) is 4.06. The molecule has 1 saturated heterocycles. The molecule has 0 aromatic heterocycles. The van der Waals surface area contributed by atoms with Crippen molar-refractivity contribution < 1.29 is 17.4 Å². The Kier molecular flexibility index (Phi) is 3.47. The molecule has 0 saturated carbocycles. The van der Waals surface area contributed by atoms with Crippen LogP contribution in [0, 0.1) is 0 Å².